The monoisotopic (exact) mass is 419 g/mol. The molecule has 0 bridgehead atoms. The first-order valence-electron chi connectivity index (χ1n) is 9.07. The Morgan fingerprint density at radius 1 is 1.10 bits per heavy atom. The lowest BCUT2D eigenvalue weighted by atomic mass is 9.96. The van der Waals surface area contributed by atoms with Crippen LogP contribution in [0.2, 0.25) is 0 Å². The molecule has 1 aliphatic heterocycles. The highest BCUT2D eigenvalue weighted by Crippen LogP contribution is 2.31. The van der Waals surface area contributed by atoms with Crippen molar-refractivity contribution in [2.45, 2.75) is 24.9 Å². The Hall–Kier alpha value is -3.57. The van der Waals surface area contributed by atoms with Crippen molar-refractivity contribution in [3.8, 4) is 0 Å². The van der Waals surface area contributed by atoms with Crippen LogP contribution in [0.4, 0.5) is 13.2 Å². The molecule has 2 N–H and O–H groups in total. The van der Waals surface area contributed by atoms with Gasteiger partial charge in [0.1, 0.15) is 5.82 Å². The average Bonchev–Trinajstić information content (AvgIpc) is 3.16. The number of hydrogen-bond acceptors (Lipinski definition) is 6. The second kappa shape index (κ2) is 7.35. The van der Waals surface area contributed by atoms with E-state index < -0.39 is 23.6 Å². The summed E-state index contributed by atoms with van der Waals surface area (Å²) in [5, 5.41) is 8.00. The van der Waals surface area contributed by atoms with Crippen LogP contribution in [0, 0.1) is 0 Å². The molecule has 9 nitrogen and oxygen atoms in total. The molecule has 4 rings (SSSR count). The molecule has 3 aromatic rings. The molecule has 1 aliphatic rings. The van der Waals surface area contributed by atoms with Crippen molar-refractivity contribution in [3.05, 3.63) is 53.5 Å². The Balaban J connectivity index is 1.64. The molecular formula is C18H16F3N7O2. The van der Waals surface area contributed by atoms with E-state index in [9.17, 15) is 22.8 Å². The molecule has 0 aromatic carbocycles. The highest BCUT2D eigenvalue weighted by Gasteiger charge is 2.33. The second-order valence-corrected chi connectivity index (χ2v) is 6.91. The van der Waals surface area contributed by atoms with Crippen LogP contribution in [0.25, 0.3) is 5.65 Å². The molecule has 0 saturated carbocycles. The molecule has 1 atom stereocenters. The van der Waals surface area contributed by atoms with Gasteiger partial charge < -0.3 is 10.6 Å². The second-order valence-electron chi connectivity index (χ2n) is 6.91. The normalized spacial score (nSPS) is 17.3. The topological polar surface area (TPSA) is 119 Å². The lowest BCUT2D eigenvalue weighted by molar-refractivity contribution is -0.137. The minimum Gasteiger partial charge on any atom is -0.364 e. The Morgan fingerprint density at radius 3 is 2.53 bits per heavy atom. The Kier molecular flexibility index (Phi) is 4.84. The zero-order valence-corrected chi connectivity index (χ0v) is 15.5. The quantitative estimate of drug-likeness (QED) is 0.690. The van der Waals surface area contributed by atoms with E-state index in [2.05, 4.69) is 20.2 Å². The first-order valence-corrected chi connectivity index (χ1v) is 9.07. The number of nitrogens with two attached hydrogens (primary N) is 1. The van der Waals surface area contributed by atoms with Crippen LogP contribution in [0.1, 0.15) is 51.1 Å². The number of rotatable bonds is 3. The maximum Gasteiger partial charge on any atom is 0.417 e. The number of likely N-dealkylation sites (tertiary alicyclic amines) is 1. The fraction of sp³-hybridized carbons (Fsp3) is 0.333. The van der Waals surface area contributed by atoms with Crippen LogP contribution >= 0.6 is 0 Å². The third-order valence-corrected chi connectivity index (χ3v) is 4.96. The van der Waals surface area contributed by atoms with Crippen LogP contribution in [-0.4, -0.2) is 54.4 Å². The van der Waals surface area contributed by atoms with Crippen molar-refractivity contribution in [1.29, 1.82) is 0 Å². The minimum atomic E-state index is -4.50. The van der Waals surface area contributed by atoms with Gasteiger partial charge in [0.25, 0.3) is 11.8 Å². The number of carbonyl (C=O) groups excluding carboxylic acids is 2. The Labute approximate surface area is 167 Å². The third-order valence-electron chi connectivity index (χ3n) is 4.96. The number of amides is 2. The van der Waals surface area contributed by atoms with Crippen LogP contribution in [0.3, 0.4) is 0 Å². The van der Waals surface area contributed by atoms with Crippen LogP contribution in [0.5, 0.6) is 0 Å². The fourth-order valence-corrected chi connectivity index (χ4v) is 3.55. The predicted octanol–water partition coefficient (Wildman–Crippen LogP) is 1.66. The molecule has 12 heteroatoms. The zero-order valence-electron chi connectivity index (χ0n) is 15.5. The Morgan fingerprint density at radius 2 is 1.83 bits per heavy atom. The Bertz CT molecular complexity index is 1130. The number of carbonyl (C=O) groups is 2. The molecule has 3 aromatic heterocycles. The van der Waals surface area contributed by atoms with Crippen molar-refractivity contribution in [1.82, 2.24) is 29.5 Å². The predicted molar refractivity (Wildman–Crippen MR) is 96.4 cm³/mol. The highest BCUT2D eigenvalue weighted by molar-refractivity contribution is 6.04. The standard InChI is InChI=1S/C18H16F3N7O2/c19-18(20,21)11-3-4-12-25-26-16(28(12)9-11)10-2-1-7-27(8-10)17(30)14-13(15(22)29)23-5-6-24-14/h3-6,9-10H,1-2,7-8H2,(H2,22,29). The molecule has 30 heavy (non-hydrogen) atoms. The number of piperidine rings is 1. The first-order chi connectivity index (χ1) is 14.3. The molecule has 0 spiro atoms. The highest BCUT2D eigenvalue weighted by atomic mass is 19.4. The van der Waals surface area contributed by atoms with E-state index in [1.54, 1.807) is 0 Å². The molecule has 0 aliphatic carbocycles. The number of nitrogens with zero attached hydrogens (tertiary/aromatic N) is 6. The van der Waals surface area contributed by atoms with Gasteiger partial charge in [-0.15, -0.1) is 10.2 Å². The van der Waals surface area contributed by atoms with Crippen molar-refractivity contribution in [2.75, 3.05) is 13.1 Å². The van der Waals surface area contributed by atoms with E-state index in [1.165, 1.54) is 27.8 Å². The summed E-state index contributed by atoms with van der Waals surface area (Å²) < 4.78 is 40.6. The van der Waals surface area contributed by atoms with Gasteiger partial charge in [-0.05, 0) is 25.0 Å². The van der Waals surface area contributed by atoms with Gasteiger partial charge in [0.2, 0.25) is 0 Å². The number of hydrogen-bond donors (Lipinski definition) is 1. The number of halogens is 3. The average molecular weight is 419 g/mol. The van der Waals surface area contributed by atoms with Gasteiger partial charge in [0.05, 0.1) is 5.56 Å². The van der Waals surface area contributed by atoms with Crippen molar-refractivity contribution < 1.29 is 22.8 Å². The van der Waals surface area contributed by atoms with Gasteiger partial charge in [-0.3, -0.25) is 14.0 Å². The van der Waals surface area contributed by atoms with Crippen LogP contribution < -0.4 is 5.73 Å². The molecule has 156 valence electrons. The smallest absolute Gasteiger partial charge is 0.364 e. The number of alkyl halides is 3. The van der Waals surface area contributed by atoms with E-state index >= 15 is 0 Å². The SMILES string of the molecule is NC(=O)c1nccnc1C(=O)N1CCCC(c2nnc3ccc(C(F)(F)F)cn23)C1. The number of fused-ring (bicyclic) bond motifs is 1. The van der Waals surface area contributed by atoms with E-state index in [4.69, 9.17) is 5.73 Å². The molecule has 1 fully saturated rings. The summed E-state index contributed by atoms with van der Waals surface area (Å²) in [7, 11) is 0. The molecule has 1 saturated heterocycles. The maximum atomic E-state index is 13.1. The summed E-state index contributed by atoms with van der Waals surface area (Å²) >= 11 is 0. The minimum absolute atomic E-state index is 0.156. The molecule has 1 unspecified atom stereocenters. The van der Waals surface area contributed by atoms with E-state index in [0.29, 0.717) is 25.2 Å². The van der Waals surface area contributed by atoms with Gasteiger partial charge in [0, 0.05) is 37.6 Å². The summed E-state index contributed by atoms with van der Waals surface area (Å²) in [6.45, 7) is 0.583. The van der Waals surface area contributed by atoms with Crippen molar-refractivity contribution in [3.63, 3.8) is 0 Å². The van der Waals surface area contributed by atoms with Gasteiger partial charge in [0.15, 0.2) is 17.0 Å². The van der Waals surface area contributed by atoms with Gasteiger partial charge in [-0.25, -0.2) is 9.97 Å². The molecular weight excluding hydrogens is 403 g/mol. The number of primary amides is 1. The summed E-state index contributed by atoms with van der Waals surface area (Å²) in [4.78, 5) is 33.7. The lowest BCUT2D eigenvalue weighted by Gasteiger charge is -2.32. The maximum absolute atomic E-state index is 13.1. The summed E-state index contributed by atoms with van der Waals surface area (Å²) in [6, 6.07) is 2.20. The van der Waals surface area contributed by atoms with Crippen LogP contribution in [0.15, 0.2) is 30.7 Å². The van der Waals surface area contributed by atoms with Crippen molar-refractivity contribution in [2.24, 2.45) is 5.73 Å². The molecule has 4 heterocycles. The van der Waals surface area contributed by atoms with Crippen LogP contribution in [-0.2, 0) is 6.18 Å². The van der Waals surface area contributed by atoms with Gasteiger partial charge in [-0.1, -0.05) is 0 Å². The number of pyridine rings is 1. The summed E-state index contributed by atoms with van der Waals surface area (Å²) in [5.74, 6) is -1.40. The largest absolute Gasteiger partial charge is 0.417 e. The van der Waals surface area contributed by atoms with E-state index in [1.807, 2.05) is 0 Å². The van der Waals surface area contributed by atoms with Gasteiger partial charge >= 0.3 is 6.18 Å². The summed E-state index contributed by atoms with van der Waals surface area (Å²) in [6.07, 6.45) is 0.212. The van der Waals surface area contributed by atoms with Crippen molar-refractivity contribution >= 4 is 17.5 Å². The molecule has 2 amide bonds. The first kappa shape index (κ1) is 19.7. The summed E-state index contributed by atoms with van der Waals surface area (Å²) in [5.41, 5.74) is 4.36. The van der Waals surface area contributed by atoms with E-state index in [-0.39, 0.29) is 29.5 Å². The molecule has 0 radical (unpaired) electrons. The zero-order chi connectivity index (χ0) is 21.5. The van der Waals surface area contributed by atoms with E-state index in [0.717, 1.165) is 12.3 Å². The number of aromatic nitrogens is 5. The fourth-order valence-electron chi connectivity index (χ4n) is 3.55. The lowest BCUT2D eigenvalue weighted by Crippen LogP contribution is -2.41. The third kappa shape index (κ3) is 3.55. The van der Waals surface area contributed by atoms with Gasteiger partial charge in [-0.2, -0.15) is 13.2 Å².